The average molecular weight is 370 g/mol. The van der Waals surface area contributed by atoms with Crippen LogP contribution in [0.3, 0.4) is 0 Å². The molecule has 0 aliphatic carbocycles. The summed E-state index contributed by atoms with van der Waals surface area (Å²) < 4.78 is 0. The zero-order chi connectivity index (χ0) is 18.3. The summed E-state index contributed by atoms with van der Waals surface area (Å²) in [5, 5.41) is 8.99. The van der Waals surface area contributed by atoms with Crippen molar-refractivity contribution in [2.75, 3.05) is 6.54 Å². The topological polar surface area (TPSA) is 41.8 Å². The molecular formula is C23H18N2OS. The highest BCUT2D eigenvalue weighted by atomic mass is 32.2. The van der Waals surface area contributed by atoms with Crippen LogP contribution in [0.2, 0.25) is 0 Å². The lowest BCUT2D eigenvalue weighted by Gasteiger charge is -2.41. The van der Waals surface area contributed by atoms with Gasteiger partial charge in [-0.2, -0.15) is 10.2 Å². The lowest BCUT2D eigenvalue weighted by atomic mass is 9.71. The maximum absolute atomic E-state index is 13.8. The minimum Gasteiger partial charge on any atom is -0.291 e. The molecule has 0 saturated heterocycles. The summed E-state index contributed by atoms with van der Waals surface area (Å²) in [4.78, 5) is 14.9. The van der Waals surface area contributed by atoms with E-state index in [1.165, 1.54) is 0 Å². The zero-order valence-electron chi connectivity index (χ0n) is 14.7. The van der Waals surface area contributed by atoms with Crippen LogP contribution >= 0.6 is 11.8 Å². The van der Waals surface area contributed by atoms with Gasteiger partial charge in [0, 0.05) is 16.4 Å². The molecule has 5 rings (SSSR count). The Morgan fingerprint density at radius 2 is 1.44 bits per heavy atom. The van der Waals surface area contributed by atoms with Crippen LogP contribution in [0.25, 0.3) is 0 Å². The molecule has 0 N–H and O–H groups in total. The summed E-state index contributed by atoms with van der Waals surface area (Å²) in [6, 6.07) is 28.3. The van der Waals surface area contributed by atoms with Crippen LogP contribution in [0.15, 0.2) is 100 Å². The molecule has 0 fully saturated rings. The number of fused-ring (bicyclic) bond motifs is 1. The lowest BCUT2D eigenvalue weighted by molar-refractivity contribution is 0.0865. The Kier molecular flexibility index (Phi) is 3.94. The van der Waals surface area contributed by atoms with Crippen LogP contribution in [0.4, 0.5) is 0 Å². The maximum Gasteiger partial charge on any atom is 0.195 e. The van der Waals surface area contributed by atoms with E-state index in [0.717, 1.165) is 21.6 Å². The van der Waals surface area contributed by atoms with Crippen molar-refractivity contribution in [2.24, 2.45) is 10.2 Å². The van der Waals surface area contributed by atoms with Gasteiger partial charge in [-0.3, -0.25) is 4.79 Å². The van der Waals surface area contributed by atoms with Gasteiger partial charge in [-0.25, -0.2) is 0 Å². The number of hydrogen-bond acceptors (Lipinski definition) is 4. The predicted octanol–water partition coefficient (Wildman–Crippen LogP) is 5.70. The van der Waals surface area contributed by atoms with Gasteiger partial charge in [0.1, 0.15) is 0 Å². The first kappa shape index (κ1) is 16.5. The SMILES string of the molecule is O=C1c2ccccc2SC(c2ccccc2)[C@]12N=NC[C@H]2c1ccccc1. The largest absolute Gasteiger partial charge is 0.291 e. The fourth-order valence-electron chi connectivity index (χ4n) is 4.19. The molecule has 2 aliphatic rings. The van der Waals surface area contributed by atoms with Gasteiger partial charge in [0.25, 0.3) is 0 Å². The molecule has 0 aromatic heterocycles. The van der Waals surface area contributed by atoms with Crippen molar-refractivity contribution in [3.63, 3.8) is 0 Å². The molecule has 4 heteroatoms. The number of carbonyl (C=O) groups is 1. The van der Waals surface area contributed by atoms with Gasteiger partial charge in [-0.1, -0.05) is 78.9 Å². The Hall–Kier alpha value is -2.72. The van der Waals surface area contributed by atoms with Crippen molar-refractivity contribution in [1.29, 1.82) is 0 Å². The molecule has 0 bridgehead atoms. The molecule has 1 unspecified atom stereocenters. The molecule has 0 amide bonds. The summed E-state index contributed by atoms with van der Waals surface area (Å²) >= 11 is 1.73. The Morgan fingerprint density at radius 3 is 2.19 bits per heavy atom. The van der Waals surface area contributed by atoms with E-state index in [0.29, 0.717) is 6.54 Å². The van der Waals surface area contributed by atoms with Gasteiger partial charge in [0.2, 0.25) is 0 Å². The first-order chi connectivity index (χ1) is 13.3. The van der Waals surface area contributed by atoms with Gasteiger partial charge >= 0.3 is 0 Å². The van der Waals surface area contributed by atoms with Crippen molar-refractivity contribution < 1.29 is 4.79 Å². The van der Waals surface area contributed by atoms with E-state index in [2.05, 4.69) is 34.5 Å². The fraction of sp³-hybridized carbons (Fsp3) is 0.174. The molecule has 3 aromatic carbocycles. The molecule has 132 valence electrons. The number of ketones is 1. The number of Topliss-reactive ketones (excluding diaryl/α,β-unsaturated/α-hetero) is 1. The van der Waals surface area contributed by atoms with Gasteiger partial charge in [-0.05, 0) is 17.2 Å². The zero-order valence-corrected chi connectivity index (χ0v) is 15.5. The second-order valence-corrected chi connectivity index (χ2v) is 8.09. The van der Waals surface area contributed by atoms with E-state index in [1.807, 2.05) is 60.7 Å². The predicted molar refractivity (Wildman–Crippen MR) is 107 cm³/mol. The number of carbonyl (C=O) groups excluding carboxylic acids is 1. The van der Waals surface area contributed by atoms with Crippen LogP contribution in [0.1, 0.15) is 32.7 Å². The third-order valence-electron chi connectivity index (χ3n) is 5.48. The van der Waals surface area contributed by atoms with Crippen LogP contribution in [-0.4, -0.2) is 17.9 Å². The van der Waals surface area contributed by atoms with Crippen molar-refractivity contribution in [3.8, 4) is 0 Å². The number of nitrogens with zero attached hydrogens (tertiary/aromatic N) is 2. The summed E-state index contributed by atoms with van der Waals surface area (Å²) in [5.74, 6) is 0.0260. The Balaban J connectivity index is 1.73. The van der Waals surface area contributed by atoms with Gasteiger partial charge in [-0.15, -0.1) is 11.8 Å². The van der Waals surface area contributed by atoms with E-state index >= 15 is 0 Å². The molecule has 3 atom stereocenters. The van der Waals surface area contributed by atoms with Crippen molar-refractivity contribution >= 4 is 17.5 Å². The molecule has 2 aliphatic heterocycles. The second-order valence-electron chi connectivity index (χ2n) is 6.95. The summed E-state index contributed by atoms with van der Waals surface area (Å²) in [6.07, 6.45) is 0. The minimum absolute atomic E-state index is 0.0581. The van der Waals surface area contributed by atoms with E-state index in [4.69, 9.17) is 0 Å². The van der Waals surface area contributed by atoms with Crippen LogP contribution in [-0.2, 0) is 0 Å². The quantitative estimate of drug-likeness (QED) is 0.580. The molecule has 3 nitrogen and oxygen atoms in total. The smallest absolute Gasteiger partial charge is 0.195 e. The summed E-state index contributed by atoms with van der Waals surface area (Å²) in [7, 11) is 0. The number of benzene rings is 3. The molecule has 1 spiro atoms. The molecule has 2 heterocycles. The van der Waals surface area contributed by atoms with E-state index in [1.54, 1.807) is 11.8 Å². The number of hydrogen-bond donors (Lipinski definition) is 0. The number of azo groups is 1. The molecule has 3 aromatic rings. The van der Waals surface area contributed by atoms with E-state index in [9.17, 15) is 4.79 Å². The van der Waals surface area contributed by atoms with Crippen molar-refractivity contribution in [1.82, 2.24) is 0 Å². The molecular weight excluding hydrogens is 352 g/mol. The average Bonchev–Trinajstić information content (AvgIpc) is 3.18. The van der Waals surface area contributed by atoms with Gasteiger partial charge in [0.15, 0.2) is 11.3 Å². The minimum atomic E-state index is -0.901. The molecule has 27 heavy (non-hydrogen) atoms. The number of rotatable bonds is 2. The molecule has 0 saturated carbocycles. The third kappa shape index (κ3) is 2.47. The number of thioether (sulfide) groups is 1. The maximum atomic E-state index is 13.8. The first-order valence-corrected chi connectivity index (χ1v) is 9.98. The molecule has 0 radical (unpaired) electrons. The van der Waals surface area contributed by atoms with Crippen LogP contribution in [0, 0.1) is 0 Å². The summed E-state index contributed by atoms with van der Waals surface area (Å²) in [6.45, 7) is 0.543. The van der Waals surface area contributed by atoms with E-state index in [-0.39, 0.29) is 17.0 Å². The monoisotopic (exact) mass is 370 g/mol. The van der Waals surface area contributed by atoms with Gasteiger partial charge < -0.3 is 0 Å². The highest BCUT2D eigenvalue weighted by molar-refractivity contribution is 7.99. The van der Waals surface area contributed by atoms with Crippen LogP contribution < -0.4 is 0 Å². The Morgan fingerprint density at radius 1 is 0.815 bits per heavy atom. The Bertz CT molecular complexity index is 1020. The Labute approximate surface area is 162 Å². The van der Waals surface area contributed by atoms with Gasteiger partial charge in [0.05, 0.1) is 11.8 Å². The van der Waals surface area contributed by atoms with Crippen molar-refractivity contribution in [3.05, 3.63) is 102 Å². The highest BCUT2D eigenvalue weighted by Crippen LogP contribution is 2.58. The summed E-state index contributed by atoms with van der Waals surface area (Å²) in [5.41, 5.74) is 2.10. The van der Waals surface area contributed by atoms with E-state index < -0.39 is 5.54 Å². The van der Waals surface area contributed by atoms with Crippen LogP contribution in [0.5, 0.6) is 0 Å². The fourth-order valence-corrected chi connectivity index (χ4v) is 5.68. The second kappa shape index (κ2) is 6.46. The standard InChI is InChI=1S/C23H18N2OS/c26-21-18-13-7-8-14-20(18)27-22(17-11-5-2-6-12-17)23(21)19(15-24-25-23)16-9-3-1-4-10-16/h1-14,19,22H,15H2/t19-,22?,23+/m0/s1. The third-order valence-corrected chi connectivity index (χ3v) is 6.95. The van der Waals surface area contributed by atoms with Crippen molar-refractivity contribution in [2.45, 2.75) is 21.6 Å². The first-order valence-electron chi connectivity index (χ1n) is 9.10. The lowest BCUT2D eigenvalue weighted by Crippen LogP contribution is -2.48. The normalized spacial score (nSPS) is 26.3. The highest BCUT2D eigenvalue weighted by Gasteiger charge is 2.58.